The number of hydrogen-bond acceptors (Lipinski definition) is 5. The maximum absolute atomic E-state index is 12.9. The molecule has 8 heteroatoms. The van der Waals surface area contributed by atoms with E-state index in [-0.39, 0.29) is 10.8 Å². The first-order valence-corrected chi connectivity index (χ1v) is 11.4. The molecular weight excluding hydrogens is 416 g/mol. The van der Waals surface area contributed by atoms with Gasteiger partial charge >= 0.3 is 0 Å². The zero-order valence-electron chi connectivity index (χ0n) is 16.6. The molecule has 0 unspecified atom stereocenters. The van der Waals surface area contributed by atoms with Crippen LogP contribution in [0.2, 0.25) is 0 Å². The third-order valence-corrected chi connectivity index (χ3v) is 6.72. The number of benzene rings is 3. The van der Waals surface area contributed by atoms with Crippen LogP contribution in [0.5, 0.6) is 11.5 Å². The molecule has 158 valence electrons. The van der Waals surface area contributed by atoms with E-state index in [1.54, 1.807) is 35.2 Å². The molecule has 2 aliphatic rings. The van der Waals surface area contributed by atoms with Crippen molar-refractivity contribution in [2.75, 3.05) is 29.4 Å². The molecule has 0 radical (unpaired) electrons. The summed E-state index contributed by atoms with van der Waals surface area (Å²) in [6.07, 6.45) is 0.829. The third-order valence-electron chi connectivity index (χ3n) is 5.34. The minimum absolute atomic E-state index is 0.0746. The number of nitrogens with one attached hydrogen (secondary N) is 1. The normalized spacial score (nSPS) is 14.8. The fourth-order valence-corrected chi connectivity index (χ4v) is 4.86. The Morgan fingerprint density at radius 3 is 2.45 bits per heavy atom. The molecule has 7 nitrogen and oxygen atoms in total. The van der Waals surface area contributed by atoms with Crippen molar-refractivity contribution in [3.8, 4) is 11.5 Å². The van der Waals surface area contributed by atoms with Crippen LogP contribution in [0, 0.1) is 0 Å². The highest BCUT2D eigenvalue weighted by Crippen LogP contribution is 2.33. The van der Waals surface area contributed by atoms with Crippen LogP contribution < -0.4 is 19.1 Å². The molecule has 3 aromatic carbocycles. The van der Waals surface area contributed by atoms with Crippen LogP contribution in [0.15, 0.2) is 71.6 Å². The van der Waals surface area contributed by atoms with Gasteiger partial charge in [-0.05, 0) is 54.4 Å². The van der Waals surface area contributed by atoms with Crippen LogP contribution in [-0.2, 0) is 16.4 Å². The van der Waals surface area contributed by atoms with Crippen molar-refractivity contribution in [2.24, 2.45) is 0 Å². The van der Waals surface area contributed by atoms with Crippen molar-refractivity contribution in [2.45, 2.75) is 11.3 Å². The molecule has 0 atom stereocenters. The van der Waals surface area contributed by atoms with Crippen molar-refractivity contribution in [1.29, 1.82) is 0 Å². The van der Waals surface area contributed by atoms with Crippen molar-refractivity contribution in [1.82, 2.24) is 0 Å². The Labute approximate surface area is 180 Å². The van der Waals surface area contributed by atoms with Crippen molar-refractivity contribution in [3.63, 3.8) is 0 Å². The quantitative estimate of drug-likeness (QED) is 0.677. The minimum atomic E-state index is -3.82. The molecule has 0 fully saturated rings. The van der Waals surface area contributed by atoms with Gasteiger partial charge in [0.2, 0.25) is 0 Å². The van der Waals surface area contributed by atoms with Crippen LogP contribution in [-0.4, -0.2) is 34.1 Å². The van der Waals surface area contributed by atoms with Crippen LogP contribution in [0.4, 0.5) is 11.4 Å². The summed E-state index contributed by atoms with van der Waals surface area (Å²) < 4.78 is 39.0. The Kier molecular flexibility index (Phi) is 4.78. The molecule has 0 saturated carbocycles. The number of sulfonamides is 1. The number of anilines is 2. The van der Waals surface area contributed by atoms with E-state index in [4.69, 9.17) is 9.47 Å². The lowest BCUT2D eigenvalue weighted by Gasteiger charge is -2.19. The zero-order chi connectivity index (χ0) is 21.4. The molecule has 0 aliphatic carbocycles. The Morgan fingerprint density at radius 1 is 0.903 bits per heavy atom. The van der Waals surface area contributed by atoms with Gasteiger partial charge < -0.3 is 14.4 Å². The molecule has 0 saturated heterocycles. The van der Waals surface area contributed by atoms with Gasteiger partial charge in [-0.2, -0.15) is 0 Å². The van der Waals surface area contributed by atoms with E-state index in [2.05, 4.69) is 4.72 Å². The first-order valence-electron chi connectivity index (χ1n) is 9.94. The van der Waals surface area contributed by atoms with Gasteiger partial charge in [-0.15, -0.1) is 0 Å². The standard InChI is InChI=1S/C23H20N2O5S/c26-23(25-12-11-16-3-1-2-4-20(16)25)17-5-7-18(8-6-17)24-31(27,28)19-9-10-21-22(15-19)30-14-13-29-21/h1-10,15,24H,11-14H2. The van der Waals surface area contributed by atoms with E-state index in [1.165, 1.54) is 12.1 Å². The topological polar surface area (TPSA) is 84.9 Å². The molecule has 0 spiro atoms. The number of para-hydroxylation sites is 1. The smallest absolute Gasteiger partial charge is 0.262 e. The number of carbonyl (C=O) groups excluding carboxylic acids is 1. The Hall–Kier alpha value is -3.52. The molecule has 31 heavy (non-hydrogen) atoms. The van der Waals surface area contributed by atoms with Gasteiger partial charge in [0.15, 0.2) is 11.5 Å². The molecule has 0 aromatic heterocycles. The molecule has 5 rings (SSSR count). The van der Waals surface area contributed by atoms with Crippen molar-refractivity contribution < 1.29 is 22.7 Å². The zero-order valence-corrected chi connectivity index (χ0v) is 17.4. The fraction of sp³-hybridized carbons (Fsp3) is 0.174. The summed E-state index contributed by atoms with van der Waals surface area (Å²) in [6.45, 7) is 1.45. The van der Waals surface area contributed by atoms with Crippen molar-refractivity contribution >= 4 is 27.3 Å². The van der Waals surface area contributed by atoms with E-state index >= 15 is 0 Å². The number of nitrogens with zero attached hydrogens (tertiary/aromatic N) is 1. The average molecular weight is 436 g/mol. The number of carbonyl (C=O) groups is 1. The molecule has 1 amide bonds. The summed E-state index contributed by atoms with van der Waals surface area (Å²) in [4.78, 5) is 14.8. The van der Waals surface area contributed by atoms with Crippen LogP contribution in [0.1, 0.15) is 15.9 Å². The fourth-order valence-electron chi connectivity index (χ4n) is 3.79. The molecule has 2 aliphatic heterocycles. The van der Waals surface area contributed by atoms with Gasteiger partial charge in [0, 0.05) is 29.5 Å². The predicted molar refractivity (Wildman–Crippen MR) is 117 cm³/mol. The van der Waals surface area contributed by atoms with E-state index in [0.29, 0.717) is 42.5 Å². The molecule has 3 aromatic rings. The van der Waals surface area contributed by atoms with Gasteiger partial charge in [-0.3, -0.25) is 9.52 Å². The van der Waals surface area contributed by atoms with Crippen molar-refractivity contribution in [3.05, 3.63) is 77.9 Å². The lowest BCUT2D eigenvalue weighted by Crippen LogP contribution is -2.28. The maximum atomic E-state index is 12.9. The second-order valence-electron chi connectivity index (χ2n) is 7.32. The highest BCUT2D eigenvalue weighted by molar-refractivity contribution is 7.92. The Bertz CT molecular complexity index is 1260. The SMILES string of the molecule is O=C(c1ccc(NS(=O)(=O)c2ccc3c(c2)OCCO3)cc1)N1CCc2ccccc21. The van der Waals surface area contributed by atoms with E-state index in [1.807, 2.05) is 24.3 Å². The van der Waals surface area contributed by atoms with Gasteiger partial charge in [-0.25, -0.2) is 8.42 Å². The first-order chi connectivity index (χ1) is 15.0. The lowest BCUT2D eigenvalue weighted by molar-refractivity contribution is 0.0989. The van der Waals surface area contributed by atoms with Crippen LogP contribution in [0.3, 0.4) is 0 Å². The molecular formula is C23H20N2O5S. The first kappa shape index (κ1) is 19.4. The summed E-state index contributed by atoms with van der Waals surface area (Å²) in [6, 6.07) is 18.8. The van der Waals surface area contributed by atoms with Gasteiger partial charge in [0.25, 0.3) is 15.9 Å². The number of amides is 1. The summed E-state index contributed by atoms with van der Waals surface area (Å²) in [7, 11) is -3.82. The van der Waals surface area contributed by atoms with Gasteiger partial charge in [0.1, 0.15) is 13.2 Å². The number of hydrogen-bond donors (Lipinski definition) is 1. The number of rotatable bonds is 4. The molecule has 0 bridgehead atoms. The second kappa shape index (κ2) is 7.63. The largest absolute Gasteiger partial charge is 0.486 e. The van der Waals surface area contributed by atoms with Gasteiger partial charge in [-0.1, -0.05) is 18.2 Å². The second-order valence-corrected chi connectivity index (χ2v) is 9.01. The summed E-state index contributed by atoms with van der Waals surface area (Å²) >= 11 is 0. The predicted octanol–water partition coefficient (Wildman–Crippen LogP) is 3.46. The number of fused-ring (bicyclic) bond motifs is 2. The maximum Gasteiger partial charge on any atom is 0.262 e. The lowest BCUT2D eigenvalue weighted by atomic mass is 10.1. The van der Waals surface area contributed by atoms with Crippen LogP contribution >= 0.6 is 0 Å². The van der Waals surface area contributed by atoms with E-state index in [9.17, 15) is 13.2 Å². The minimum Gasteiger partial charge on any atom is -0.486 e. The van der Waals surface area contributed by atoms with E-state index < -0.39 is 10.0 Å². The number of ether oxygens (including phenoxy) is 2. The Balaban J connectivity index is 1.33. The highest BCUT2D eigenvalue weighted by Gasteiger charge is 2.25. The monoisotopic (exact) mass is 436 g/mol. The summed E-state index contributed by atoms with van der Waals surface area (Å²) in [5, 5.41) is 0. The summed E-state index contributed by atoms with van der Waals surface area (Å²) in [5.74, 6) is 0.823. The Morgan fingerprint density at radius 2 is 1.65 bits per heavy atom. The highest BCUT2D eigenvalue weighted by atomic mass is 32.2. The van der Waals surface area contributed by atoms with Gasteiger partial charge in [0.05, 0.1) is 4.90 Å². The molecule has 1 N–H and O–H groups in total. The summed E-state index contributed by atoms with van der Waals surface area (Å²) in [5.41, 5.74) is 2.95. The molecule has 2 heterocycles. The van der Waals surface area contributed by atoms with E-state index in [0.717, 1.165) is 17.7 Å². The average Bonchev–Trinajstić information content (AvgIpc) is 3.23. The third kappa shape index (κ3) is 3.70. The van der Waals surface area contributed by atoms with Crippen LogP contribution in [0.25, 0.3) is 0 Å².